The quantitative estimate of drug-likeness (QED) is 0.790. The third kappa shape index (κ3) is 4.91. The minimum absolute atomic E-state index is 0. The van der Waals surface area contributed by atoms with E-state index in [-0.39, 0.29) is 18.4 Å². The van der Waals surface area contributed by atoms with E-state index >= 15 is 0 Å². The van der Waals surface area contributed by atoms with Crippen LogP contribution in [0.1, 0.15) is 31.2 Å². The van der Waals surface area contributed by atoms with Gasteiger partial charge in [0.25, 0.3) is 0 Å². The van der Waals surface area contributed by atoms with Crippen LogP contribution in [0.25, 0.3) is 0 Å². The number of rotatable bonds is 4. The van der Waals surface area contributed by atoms with Crippen LogP contribution in [-0.4, -0.2) is 67.2 Å². The van der Waals surface area contributed by atoms with Crippen molar-refractivity contribution in [2.24, 2.45) is 0 Å². The minimum Gasteiger partial charge on any atom is -0.369 e. The van der Waals surface area contributed by atoms with E-state index < -0.39 is 11.7 Å². The largest absolute Gasteiger partial charge is 0.416 e. The van der Waals surface area contributed by atoms with Gasteiger partial charge in [-0.05, 0) is 31.0 Å². The highest BCUT2D eigenvalue weighted by Gasteiger charge is 2.40. The number of hydrogen-bond donors (Lipinski definition) is 1. The normalized spacial score (nSPS) is 25.4. The van der Waals surface area contributed by atoms with Crippen molar-refractivity contribution < 1.29 is 18.0 Å². The summed E-state index contributed by atoms with van der Waals surface area (Å²) in [7, 11) is 0. The number of amides is 2. The van der Waals surface area contributed by atoms with Crippen LogP contribution in [0, 0.1) is 0 Å². The molecule has 0 aromatic heterocycles. The summed E-state index contributed by atoms with van der Waals surface area (Å²) in [6, 6.07) is 6.23. The number of anilines is 1. The van der Waals surface area contributed by atoms with Crippen LogP contribution in [0.3, 0.4) is 0 Å². The Labute approximate surface area is 175 Å². The van der Waals surface area contributed by atoms with Crippen LogP contribution < -0.4 is 10.2 Å². The van der Waals surface area contributed by atoms with Gasteiger partial charge in [-0.3, -0.25) is 4.90 Å². The number of urea groups is 1. The lowest BCUT2D eigenvalue weighted by molar-refractivity contribution is -0.137. The van der Waals surface area contributed by atoms with Crippen molar-refractivity contribution in [3.8, 4) is 0 Å². The Hall–Kier alpha value is -1.67. The third-order valence-corrected chi connectivity index (χ3v) is 6.27. The lowest BCUT2D eigenvalue weighted by atomic mass is 9.91. The van der Waals surface area contributed by atoms with Crippen molar-refractivity contribution in [2.75, 3.05) is 44.2 Å². The van der Waals surface area contributed by atoms with Gasteiger partial charge >= 0.3 is 12.2 Å². The molecular weight excluding hydrogens is 405 g/mol. The fourth-order valence-corrected chi connectivity index (χ4v) is 4.67. The molecule has 4 rings (SSSR count). The summed E-state index contributed by atoms with van der Waals surface area (Å²) in [5.41, 5.74) is 0.0213. The topological polar surface area (TPSA) is 38.8 Å². The number of piperazine rings is 1. The SMILES string of the molecule is Cl.O=C1NC2CCCCC2N1CCN1CCN(c2cccc(C(F)(F)F)c2)CC1. The van der Waals surface area contributed by atoms with Crippen LogP contribution >= 0.6 is 12.4 Å². The fraction of sp³-hybridized carbons (Fsp3) is 0.650. The maximum atomic E-state index is 12.9. The Kier molecular flexibility index (Phi) is 6.83. The van der Waals surface area contributed by atoms with Gasteiger partial charge in [-0.2, -0.15) is 13.2 Å². The van der Waals surface area contributed by atoms with Gasteiger partial charge in [0, 0.05) is 45.0 Å². The number of fused-ring (bicyclic) bond motifs is 1. The molecule has 2 saturated heterocycles. The molecule has 3 fully saturated rings. The minimum atomic E-state index is -4.31. The van der Waals surface area contributed by atoms with E-state index in [1.807, 2.05) is 9.80 Å². The first-order valence-corrected chi connectivity index (χ1v) is 10.1. The first kappa shape index (κ1) is 22.0. The van der Waals surface area contributed by atoms with Crippen molar-refractivity contribution >= 4 is 24.1 Å². The zero-order chi connectivity index (χ0) is 19.7. The smallest absolute Gasteiger partial charge is 0.369 e. The molecule has 0 radical (unpaired) electrons. The van der Waals surface area contributed by atoms with Crippen LogP contribution in [0.15, 0.2) is 24.3 Å². The molecule has 5 nitrogen and oxygen atoms in total. The fourth-order valence-electron chi connectivity index (χ4n) is 4.67. The molecule has 2 unspecified atom stereocenters. The molecule has 9 heteroatoms. The summed E-state index contributed by atoms with van der Waals surface area (Å²) in [6.45, 7) is 4.50. The molecule has 162 valence electrons. The summed E-state index contributed by atoms with van der Waals surface area (Å²) in [6.07, 6.45) is 0.204. The van der Waals surface area contributed by atoms with Gasteiger partial charge in [0.1, 0.15) is 0 Å². The molecule has 2 atom stereocenters. The first-order chi connectivity index (χ1) is 13.4. The number of halogens is 4. The molecule has 1 aromatic carbocycles. The zero-order valence-corrected chi connectivity index (χ0v) is 17.1. The lowest BCUT2D eigenvalue weighted by Crippen LogP contribution is -2.49. The number of carbonyl (C=O) groups is 1. The van der Waals surface area contributed by atoms with Gasteiger partial charge < -0.3 is 15.1 Å². The van der Waals surface area contributed by atoms with E-state index in [4.69, 9.17) is 0 Å². The number of alkyl halides is 3. The van der Waals surface area contributed by atoms with Gasteiger partial charge in [-0.15, -0.1) is 12.4 Å². The van der Waals surface area contributed by atoms with E-state index in [9.17, 15) is 18.0 Å². The van der Waals surface area contributed by atoms with E-state index in [1.165, 1.54) is 25.0 Å². The summed E-state index contributed by atoms with van der Waals surface area (Å²) in [5, 5.41) is 3.11. The highest BCUT2D eigenvalue weighted by molar-refractivity contribution is 5.85. The lowest BCUT2D eigenvalue weighted by Gasteiger charge is -2.37. The number of nitrogens with one attached hydrogen (secondary N) is 1. The molecular formula is C20H28ClF3N4O. The Morgan fingerprint density at radius 1 is 1.03 bits per heavy atom. The molecule has 2 aliphatic heterocycles. The molecule has 2 amide bonds. The van der Waals surface area contributed by atoms with Crippen molar-refractivity contribution in [1.29, 1.82) is 0 Å². The van der Waals surface area contributed by atoms with Gasteiger partial charge in [-0.25, -0.2) is 4.79 Å². The zero-order valence-electron chi connectivity index (χ0n) is 16.3. The molecule has 29 heavy (non-hydrogen) atoms. The van der Waals surface area contributed by atoms with Crippen molar-refractivity contribution in [2.45, 2.75) is 43.9 Å². The maximum absolute atomic E-state index is 12.9. The molecule has 1 N–H and O–H groups in total. The number of nitrogens with zero attached hydrogens (tertiary/aromatic N) is 3. The van der Waals surface area contributed by atoms with Crippen molar-refractivity contribution in [3.05, 3.63) is 29.8 Å². The summed E-state index contributed by atoms with van der Waals surface area (Å²) >= 11 is 0. The summed E-state index contributed by atoms with van der Waals surface area (Å²) in [5.74, 6) is 0. The number of hydrogen-bond acceptors (Lipinski definition) is 3. The van der Waals surface area contributed by atoms with Crippen LogP contribution in [0.2, 0.25) is 0 Å². The third-order valence-electron chi connectivity index (χ3n) is 6.27. The van der Waals surface area contributed by atoms with Crippen LogP contribution in [-0.2, 0) is 6.18 Å². The average molecular weight is 433 g/mol. The van der Waals surface area contributed by atoms with Gasteiger partial charge in [0.2, 0.25) is 0 Å². The highest BCUT2D eigenvalue weighted by atomic mass is 35.5. The van der Waals surface area contributed by atoms with Crippen LogP contribution in [0.4, 0.5) is 23.7 Å². The Bertz CT molecular complexity index is 709. The number of carbonyl (C=O) groups excluding carboxylic acids is 1. The van der Waals surface area contributed by atoms with E-state index in [1.54, 1.807) is 6.07 Å². The molecule has 0 bridgehead atoms. The molecule has 2 heterocycles. The molecule has 0 spiro atoms. The van der Waals surface area contributed by atoms with Crippen LogP contribution in [0.5, 0.6) is 0 Å². The summed E-state index contributed by atoms with van der Waals surface area (Å²) < 4.78 is 38.8. The first-order valence-electron chi connectivity index (χ1n) is 10.1. The predicted molar refractivity (Wildman–Crippen MR) is 109 cm³/mol. The molecule has 1 aliphatic carbocycles. The molecule has 1 saturated carbocycles. The van der Waals surface area contributed by atoms with Crippen molar-refractivity contribution in [3.63, 3.8) is 0 Å². The predicted octanol–water partition coefficient (Wildman–Crippen LogP) is 3.59. The Morgan fingerprint density at radius 2 is 1.76 bits per heavy atom. The van der Waals surface area contributed by atoms with E-state index in [0.717, 1.165) is 45.1 Å². The van der Waals surface area contributed by atoms with E-state index in [0.29, 0.717) is 30.9 Å². The Balaban J connectivity index is 0.00000240. The maximum Gasteiger partial charge on any atom is 0.416 e. The van der Waals surface area contributed by atoms with Crippen molar-refractivity contribution in [1.82, 2.24) is 15.1 Å². The monoisotopic (exact) mass is 432 g/mol. The van der Waals surface area contributed by atoms with E-state index in [2.05, 4.69) is 10.2 Å². The van der Waals surface area contributed by atoms with Gasteiger partial charge in [0.05, 0.1) is 17.6 Å². The second-order valence-corrected chi connectivity index (χ2v) is 7.98. The van der Waals surface area contributed by atoms with Gasteiger partial charge in [0.15, 0.2) is 0 Å². The molecule has 3 aliphatic rings. The number of benzene rings is 1. The molecule has 1 aromatic rings. The standard InChI is InChI=1S/C20H27F3N4O.ClH/c21-20(22,23)15-4-3-5-16(14-15)26-11-8-25(9-12-26)10-13-27-18-7-2-1-6-17(18)24-19(27)28;/h3-5,14,17-18H,1-2,6-13H2,(H,24,28);1H. The summed E-state index contributed by atoms with van der Waals surface area (Å²) in [4.78, 5) is 18.6. The Morgan fingerprint density at radius 3 is 2.48 bits per heavy atom. The average Bonchev–Trinajstić information content (AvgIpc) is 3.01. The highest BCUT2D eigenvalue weighted by Crippen LogP contribution is 2.32. The second kappa shape index (κ2) is 9.00. The van der Waals surface area contributed by atoms with Gasteiger partial charge in [-0.1, -0.05) is 18.9 Å². The second-order valence-electron chi connectivity index (χ2n) is 7.98.